The van der Waals surface area contributed by atoms with Gasteiger partial charge in [0.2, 0.25) is 0 Å². The summed E-state index contributed by atoms with van der Waals surface area (Å²) >= 11 is 9.32. The van der Waals surface area contributed by atoms with Crippen molar-refractivity contribution in [1.29, 1.82) is 0 Å². The lowest BCUT2D eigenvalue weighted by Crippen LogP contribution is -2.02. The van der Waals surface area contributed by atoms with Crippen LogP contribution in [-0.4, -0.2) is 26.8 Å². The summed E-state index contributed by atoms with van der Waals surface area (Å²) < 4.78 is 27.6. The fourth-order valence-corrected chi connectivity index (χ4v) is 7.72. The molecule has 2 aliphatic rings. The first-order valence-corrected chi connectivity index (χ1v) is 17.2. The molecule has 4 aromatic rings. The number of fused-ring (bicyclic) bond motifs is 2. The number of hydrogen-bond acceptors (Lipinski definition) is 7. The molecule has 6 nitrogen and oxygen atoms in total. The number of nitrogens with two attached hydrogens (primary N) is 1. The monoisotopic (exact) mass is 789 g/mol. The van der Waals surface area contributed by atoms with Gasteiger partial charge in [-0.2, -0.15) is 0 Å². The van der Waals surface area contributed by atoms with E-state index in [9.17, 15) is 18.4 Å². The minimum absolute atomic E-state index is 0. The Bertz CT molecular complexity index is 1550. The smallest absolute Gasteiger partial charge is 0.345 e. The van der Waals surface area contributed by atoms with Crippen LogP contribution in [0.5, 0.6) is 0 Å². The number of rotatable bonds is 6. The molecule has 3 N–H and O–H groups in total. The van der Waals surface area contributed by atoms with Crippen LogP contribution in [-0.2, 0) is 38.6 Å². The molecule has 2 aliphatic carbocycles. The number of ketones is 1. The molecular formula is C31H32Br2ClF2N3O3S2. The van der Waals surface area contributed by atoms with E-state index in [0.717, 1.165) is 30.6 Å². The van der Waals surface area contributed by atoms with Crippen molar-refractivity contribution in [3.05, 3.63) is 99.3 Å². The van der Waals surface area contributed by atoms with Gasteiger partial charge in [-0.15, -0.1) is 35.1 Å². The molecule has 0 radical (unpaired) electrons. The highest BCUT2D eigenvalue weighted by Crippen LogP contribution is 2.31. The van der Waals surface area contributed by atoms with Crippen LogP contribution in [0.1, 0.15) is 83.7 Å². The molecule has 0 spiro atoms. The van der Waals surface area contributed by atoms with Crippen LogP contribution in [0.15, 0.2) is 45.6 Å². The van der Waals surface area contributed by atoms with Crippen LogP contribution in [0.25, 0.3) is 0 Å². The summed E-state index contributed by atoms with van der Waals surface area (Å²) in [5, 5.41) is 8.74. The van der Waals surface area contributed by atoms with Crippen molar-refractivity contribution in [1.82, 2.24) is 9.97 Å². The van der Waals surface area contributed by atoms with Gasteiger partial charge >= 0.3 is 5.97 Å². The number of Topliss-reactive ketones (excluding diaryl/α,β-unsaturated/α-hetero) is 1. The first-order chi connectivity index (χ1) is 20.6. The minimum atomic E-state index is -0.783. The number of carboxylic acids is 1. The van der Waals surface area contributed by atoms with Crippen molar-refractivity contribution in [3.8, 4) is 0 Å². The minimum Gasteiger partial charge on any atom is -0.477 e. The van der Waals surface area contributed by atoms with Gasteiger partial charge in [-0.1, -0.05) is 0 Å². The highest BCUT2D eigenvalue weighted by atomic mass is 79.9. The normalized spacial score (nSPS) is 13.2. The number of carbonyl (C=O) groups excluding carboxylic acids is 1. The molecule has 0 saturated heterocycles. The van der Waals surface area contributed by atoms with Crippen molar-refractivity contribution >= 4 is 78.7 Å². The summed E-state index contributed by atoms with van der Waals surface area (Å²) in [6.07, 6.45) is 12.9. The van der Waals surface area contributed by atoms with Gasteiger partial charge in [0.15, 0.2) is 5.78 Å². The first kappa shape index (κ1) is 36.4. The molecule has 0 fully saturated rings. The Morgan fingerprint density at radius 2 is 1.27 bits per heavy atom. The lowest BCUT2D eigenvalue weighted by atomic mass is 9.99. The van der Waals surface area contributed by atoms with Gasteiger partial charge in [0.25, 0.3) is 0 Å². The molecule has 236 valence electrons. The van der Waals surface area contributed by atoms with Crippen LogP contribution in [0.3, 0.4) is 0 Å². The van der Waals surface area contributed by atoms with Gasteiger partial charge in [0.1, 0.15) is 16.5 Å². The molecule has 0 unspecified atom stereocenters. The van der Waals surface area contributed by atoms with Crippen molar-refractivity contribution in [2.75, 3.05) is 0 Å². The predicted molar refractivity (Wildman–Crippen MR) is 180 cm³/mol. The second kappa shape index (κ2) is 17.6. The second-order valence-corrected chi connectivity index (χ2v) is 14.2. The van der Waals surface area contributed by atoms with E-state index in [0.29, 0.717) is 38.1 Å². The third kappa shape index (κ3) is 10.2. The Labute approximate surface area is 286 Å². The summed E-state index contributed by atoms with van der Waals surface area (Å²) in [5.41, 5.74) is 8.44. The van der Waals surface area contributed by atoms with Gasteiger partial charge in [0, 0.05) is 44.1 Å². The third-order valence-electron chi connectivity index (χ3n) is 7.03. The van der Waals surface area contributed by atoms with Crippen molar-refractivity contribution in [3.63, 3.8) is 0 Å². The lowest BCUT2D eigenvalue weighted by Gasteiger charge is -2.08. The quantitative estimate of drug-likeness (QED) is 0.189. The first-order valence-electron chi connectivity index (χ1n) is 13.9. The van der Waals surface area contributed by atoms with E-state index in [2.05, 4.69) is 41.8 Å². The van der Waals surface area contributed by atoms with Crippen LogP contribution < -0.4 is 5.73 Å². The summed E-state index contributed by atoms with van der Waals surface area (Å²) in [6, 6.07) is 6.60. The molecule has 44 heavy (non-hydrogen) atoms. The summed E-state index contributed by atoms with van der Waals surface area (Å²) in [4.78, 5) is 34.7. The fraction of sp³-hybridized carbons (Fsp3) is 0.355. The molecule has 0 bridgehead atoms. The van der Waals surface area contributed by atoms with E-state index >= 15 is 0 Å². The molecule has 0 atom stereocenters. The largest absolute Gasteiger partial charge is 0.477 e. The average Bonchev–Trinajstić information content (AvgIpc) is 3.62. The van der Waals surface area contributed by atoms with E-state index in [1.54, 1.807) is 17.5 Å². The highest BCUT2D eigenvalue weighted by Gasteiger charge is 2.18. The lowest BCUT2D eigenvalue weighted by molar-refractivity contribution is 0.0701. The zero-order chi connectivity index (χ0) is 30.9. The molecule has 6 rings (SSSR count). The summed E-state index contributed by atoms with van der Waals surface area (Å²) in [7, 11) is 0. The van der Waals surface area contributed by atoms with E-state index < -0.39 is 5.97 Å². The topological polar surface area (TPSA) is 106 Å². The van der Waals surface area contributed by atoms with Gasteiger partial charge < -0.3 is 10.8 Å². The Kier molecular flexibility index (Phi) is 14.5. The van der Waals surface area contributed by atoms with Crippen molar-refractivity contribution < 1.29 is 23.5 Å². The van der Waals surface area contributed by atoms with Crippen LogP contribution in [0, 0.1) is 11.6 Å². The van der Waals surface area contributed by atoms with Gasteiger partial charge in [0.05, 0.1) is 16.3 Å². The maximum Gasteiger partial charge on any atom is 0.345 e. The van der Waals surface area contributed by atoms with E-state index in [1.807, 2.05) is 12.1 Å². The average molecular weight is 792 g/mol. The zero-order valence-corrected chi connectivity index (χ0v) is 29.3. The number of pyridine rings is 2. The van der Waals surface area contributed by atoms with E-state index in [1.165, 1.54) is 76.2 Å². The number of hydrogen-bond donors (Lipinski definition) is 2. The SMILES string of the molecule is Cl.NCc1ncc(Br)cc1F.O=C(CCc1ncc(Br)cc1F)c1cc2c(s1)CCCC2.O=C(O)c1cc2c(s1)CCCC2. The fourth-order valence-electron chi connectivity index (χ4n) is 4.80. The maximum atomic E-state index is 13.7. The molecule has 0 aromatic carbocycles. The number of aromatic carboxylic acids is 1. The number of halogens is 5. The number of aryl methyl sites for hydroxylation is 5. The Balaban J connectivity index is 0.000000196. The summed E-state index contributed by atoms with van der Waals surface area (Å²) in [5.74, 6) is -1.41. The number of thiophene rings is 2. The Morgan fingerprint density at radius 1 is 0.795 bits per heavy atom. The predicted octanol–water partition coefficient (Wildman–Crippen LogP) is 8.93. The molecule has 13 heteroatoms. The van der Waals surface area contributed by atoms with Crippen LogP contribution >= 0.6 is 66.9 Å². The van der Waals surface area contributed by atoms with E-state index in [4.69, 9.17) is 10.8 Å². The third-order valence-corrected chi connectivity index (χ3v) is 10.4. The van der Waals surface area contributed by atoms with Crippen molar-refractivity contribution in [2.45, 2.75) is 70.8 Å². The Morgan fingerprint density at radius 3 is 1.75 bits per heavy atom. The van der Waals surface area contributed by atoms with Crippen LogP contribution in [0.4, 0.5) is 8.78 Å². The van der Waals surface area contributed by atoms with Crippen LogP contribution in [0.2, 0.25) is 0 Å². The van der Waals surface area contributed by atoms with Gasteiger partial charge in [-0.3, -0.25) is 14.8 Å². The number of nitrogens with zero attached hydrogens (tertiary/aromatic N) is 2. The standard InChI is InChI=1S/C16H15BrFNOS.C9H10O2S.C6H6BrFN2.ClH/c17-11-8-12(18)13(19-9-11)5-6-14(20)16-7-10-3-1-2-4-15(10)21-16;10-9(11)8-5-6-3-1-2-4-7(6)12-8;7-4-1-5(8)6(2-9)10-3-4;/h7-9H,1-6H2;5H,1-4H2,(H,10,11);1,3H,2,9H2;1H. The highest BCUT2D eigenvalue weighted by molar-refractivity contribution is 9.10. The van der Waals surface area contributed by atoms with E-state index in [-0.39, 0.29) is 36.4 Å². The number of carbonyl (C=O) groups is 2. The van der Waals surface area contributed by atoms with Crippen molar-refractivity contribution in [2.24, 2.45) is 5.73 Å². The molecule has 0 saturated carbocycles. The Hall–Kier alpha value is -2.09. The molecule has 0 aliphatic heterocycles. The zero-order valence-electron chi connectivity index (χ0n) is 23.7. The molecule has 0 amide bonds. The second-order valence-electron chi connectivity index (χ2n) is 10.1. The van der Waals surface area contributed by atoms with Gasteiger partial charge in [-0.25, -0.2) is 13.6 Å². The summed E-state index contributed by atoms with van der Waals surface area (Å²) in [6.45, 7) is 0.138. The molecule has 4 heterocycles. The van der Waals surface area contributed by atoms with Gasteiger partial charge in [-0.05, 0) is 125 Å². The number of carboxylic acid groups (broad SMARTS) is 1. The maximum absolute atomic E-state index is 13.7. The molecular weight excluding hydrogens is 760 g/mol. The molecule has 4 aromatic heterocycles. The number of aromatic nitrogens is 2.